The normalized spacial score (nSPS) is 17.4. The molecule has 6 heteroatoms. The van der Waals surface area contributed by atoms with Crippen LogP contribution in [0.25, 0.3) is 11.3 Å². The first-order valence-corrected chi connectivity index (χ1v) is 10.2. The van der Waals surface area contributed by atoms with Crippen LogP contribution in [-0.2, 0) is 11.3 Å². The number of piperidine rings is 1. The molecule has 0 saturated carbocycles. The monoisotopic (exact) mass is 382 g/mol. The van der Waals surface area contributed by atoms with Crippen LogP contribution in [0.3, 0.4) is 0 Å². The maximum Gasteiger partial charge on any atom is 0.266 e. The number of aryl methyl sites for hydroxylation is 2. The van der Waals surface area contributed by atoms with Crippen LogP contribution in [0.4, 0.5) is 0 Å². The summed E-state index contributed by atoms with van der Waals surface area (Å²) in [4.78, 5) is 26.7. The number of carbonyl (C=O) groups is 1. The van der Waals surface area contributed by atoms with Gasteiger partial charge in [-0.05, 0) is 39.3 Å². The average molecular weight is 383 g/mol. The van der Waals surface area contributed by atoms with E-state index in [1.807, 2.05) is 31.2 Å². The highest BCUT2D eigenvalue weighted by atomic mass is 16.2. The summed E-state index contributed by atoms with van der Waals surface area (Å²) in [6.07, 6.45) is 4.03. The predicted molar refractivity (Wildman–Crippen MR) is 111 cm³/mol. The molecule has 0 unspecified atom stereocenters. The molecule has 1 N–H and O–H groups in total. The van der Waals surface area contributed by atoms with Gasteiger partial charge in [0.2, 0.25) is 5.91 Å². The van der Waals surface area contributed by atoms with Gasteiger partial charge < -0.3 is 5.32 Å². The average Bonchev–Trinajstić information content (AvgIpc) is 2.69. The van der Waals surface area contributed by atoms with Crippen molar-refractivity contribution in [1.82, 2.24) is 20.0 Å². The fourth-order valence-electron chi connectivity index (χ4n) is 3.61. The highest BCUT2D eigenvalue weighted by Gasteiger charge is 2.17. The Kier molecular flexibility index (Phi) is 6.98. The zero-order valence-corrected chi connectivity index (χ0v) is 16.9. The van der Waals surface area contributed by atoms with Gasteiger partial charge in [0.25, 0.3) is 5.56 Å². The van der Waals surface area contributed by atoms with Gasteiger partial charge in [-0.3, -0.25) is 14.5 Å². The van der Waals surface area contributed by atoms with Crippen LogP contribution in [0.1, 0.15) is 38.2 Å². The molecule has 28 heavy (non-hydrogen) atoms. The van der Waals surface area contributed by atoms with Crippen LogP contribution in [-0.4, -0.2) is 46.3 Å². The molecule has 1 aromatic carbocycles. The number of hydrogen-bond acceptors (Lipinski definition) is 4. The molecular formula is C22H30N4O2. The van der Waals surface area contributed by atoms with E-state index in [-0.39, 0.29) is 24.4 Å². The summed E-state index contributed by atoms with van der Waals surface area (Å²) in [6.45, 7) is 7.21. The van der Waals surface area contributed by atoms with Crippen LogP contribution in [0.2, 0.25) is 0 Å². The van der Waals surface area contributed by atoms with Crippen LogP contribution in [0.5, 0.6) is 0 Å². The number of rotatable bonds is 7. The van der Waals surface area contributed by atoms with Crippen molar-refractivity contribution in [3.05, 3.63) is 52.3 Å². The van der Waals surface area contributed by atoms with Crippen LogP contribution in [0, 0.1) is 6.92 Å². The highest BCUT2D eigenvalue weighted by Crippen LogP contribution is 2.16. The molecule has 0 spiro atoms. The maximum absolute atomic E-state index is 12.2. The summed E-state index contributed by atoms with van der Waals surface area (Å²) in [7, 11) is 0. The number of likely N-dealkylation sites (tertiary alicyclic amines) is 1. The lowest BCUT2D eigenvalue weighted by Gasteiger charge is -2.33. The van der Waals surface area contributed by atoms with Gasteiger partial charge in [0, 0.05) is 37.2 Å². The quantitative estimate of drug-likeness (QED) is 0.799. The van der Waals surface area contributed by atoms with Gasteiger partial charge in [-0.15, -0.1) is 0 Å². The fraction of sp³-hybridized carbons (Fsp3) is 0.500. The van der Waals surface area contributed by atoms with E-state index in [1.54, 1.807) is 6.07 Å². The SMILES string of the molecule is Cc1ccc(-c2ccc(=O)n(CCC(=O)NCCN3CCCC[C@@H]3C)n2)cc1. The first-order valence-electron chi connectivity index (χ1n) is 10.2. The molecule has 2 heterocycles. The molecule has 0 aliphatic carbocycles. The van der Waals surface area contributed by atoms with Crippen molar-refractivity contribution in [2.45, 2.75) is 52.1 Å². The third kappa shape index (κ3) is 5.52. The van der Waals surface area contributed by atoms with E-state index in [1.165, 1.54) is 35.6 Å². The second-order valence-electron chi connectivity index (χ2n) is 7.63. The Morgan fingerprint density at radius 2 is 1.93 bits per heavy atom. The lowest BCUT2D eigenvalue weighted by atomic mass is 10.0. The van der Waals surface area contributed by atoms with E-state index in [0.29, 0.717) is 12.6 Å². The van der Waals surface area contributed by atoms with E-state index < -0.39 is 0 Å². The summed E-state index contributed by atoms with van der Waals surface area (Å²) in [5, 5.41) is 7.39. The topological polar surface area (TPSA) is 67.2 Å². The van der Waals surface area contributed by atoms with E-state index in [2.05, 4.69) is 22.2 Å². The van der Waals surface area contributed by atoms with Gasteiger partial charge in [-0.25, -0.2) is 4.68 Å². The van der Waals surface area contributed by atoms with Crippen LogP contribution in [0.15, 0.2) is 41.2 Å². The predicted octanol–water partition coefficient (Wildman–Crippen LogP) is 2.60. The molecule has 1 saturated heterocycles. The summed E-state index contributed by atoms with van der Waals surface area (Å²) < 4.78 is 1.38. The number of carbonyl (C=O) groups excluding carboxylic acids is 1. The largest absolute Gasteiger partial charge is 0.355 e. The smallest absolute Gasteiger partial charge is 0.266 e. The molecule has 0 bridgehead atoms. The maximum atomic E-state index is 12.2. The fourth-order valence-corrected chi connectivity index (χ4v) is 3.61. The first kappa shape index (κ1) is 20.3. The second kappa shape index (κ2) is 9.64. The van der Waals surface area contributed by atoms with E-state index >= 15 is 0 Å². The van der Waals surface area contributed by atoms with Crippen LogP contribution < -0.4 is 10.9 Å². The minimum atomic E-state index is -0.189. The van der Waals surface area contributed by atoms with E-state index in [4.69, 9.17) is 0 Å². The molecule has 1 atom stereocenters. The minimum Gasteiger partial charge on any atom is -0.355 e. The Bertz CT molecular complexity index is 844. The van der Waals surface area contributed by atoms with Gasteiger partial charge in [0.15, 0.2) is 0 Å². The molecule has 1 fully saturated rings. The van der Waals surface area contributed by atoms with Crippen molar-refractivity contribution in [2.24, 2.45) is 0 Å². The third-order valence-corrected chi connectivity index (χ3v) is 5.43. The van der Waals surface area contributed by atoms with Gasteiger partial charge >= 0.3 is 0 Å². The molecule has 0 radical (unpaired) electrons. The van der Waals surface area contributed by atoms with Crippen molar-refractivity contribution in [2.75, 3.05) is 19.6 Å². The molecule has 3 rings (SSSR count). The second-order valence-corrected chi connectivity index (χ2v) is 7.63. The highest BCUT2D eigenvalue weighted by molar-refractivity contribution is 5.75. The zero-order chi connectivity index (χ0) is 19.9. The number of nitrogens with one attached hydrogen (secondary N) is 1. The first-order chi connectivity index (χ1) is 13.5. The van der Waals surface area contributed by atoms with Gasteiger partial charge in [0.05, 0.1) is 12.2 Å². The standard InChI is InChI=1S/C22H30N4O2/c1-17-6-8-19(9-7-17)20-10-11-22(28)26(24-20)15-12-21(27)23-13-16-25-14-4-3-5-18(25)2/h6-11,18H,3-5,12-16H2,1-2H3,(H,23,27)/t18-/m0/s1. The summed E-state index contributed by atoms with van der Waals surface area (Å²) >= 11 is 0. The molecule has 2 aromatic rings. The van der Waals surface area contributed by atoms with Gasteiger partial charge in [-0.2, -0.15) is 5.10 Å². The summed E-state index contributed by atoms with van der Waals surface area (Å²) in [5.41, 5.74) is 2.68. The third-order valence-electron chi connectivity index (χ3n) is 5.43. The zero-order valence-electron chi connectivity index (χ0n) is 16.9. The lowest BCUT2D eigenvalue weighted by molar-refractivity contribution is -0.121. The van der Waals surface area contributed by atoms with Gasteiger partial charge in [-0.1, -0.05) is 36.2 Å². The molecule has 1 aliphatic heterocycles. The Balaban J connectivity index is 1.50. The Hall–Kier alpha value is -2.47. The Morgan fingerprint density at radius 1 is 1.14 bits per heavy atom. The molecule has 1 aromatic heterocycles. The molecule has 1 amide bonds. The summed E-state index contributed by atoms with van der Waals surface area (Å²) in [6, 6.07) is 11.8. The van der Waals surface area contributed by atoms with Crippen molar-refractivity contribution in [3.63, 3.8) is 0 Å². The number of benzene rings is 1. The van der Waals surface area contributed by atoms with Crippen molar-refractivity contribution < 1.29 is 4.79 Å². The molecule has 150 valence electrons. The molecular weight excluding hydrogens is 352 g/mol. The number of nitrogens with zero attached hydrogens (tertiary/aromatic N) is 3. The number of aromatic nitrogens is 2. The van der Waals surface area contributed by atoms with E-state index in [9.17, 15) is 9.59 Å². The summed E-state index contributed by atoms with van der Waals surface area (Å²) in [5.74, 6) is -0.0425. The lowest BCUT2D eigenvalue weighted by Crippen LogP contribution is -2.42. The van der Waals surface area contributed by atoms with Gasteiger partial charge in [0.1, 0.15) is 0 Å². The van der Waals surface area contributed by atoms with Crippen molar-refractivity contribution in [1.29, 1.82) is 0 Å². The van der Waals surface area contributed by atoms with E-state index in [0.717, 1.165) is 24.3 Å². The molecule has 6 nitrogen and oxygen atoms in total. The number of amides is 1. The Morgan fingerprint density at radius 3 is 2.68 bits per heavy atom. The van der Waals surface area contributed by atoms with Crippen molar-refractivity contribution in [3.8, 4) is 11.3 Å². The van der Waals surface area contributed by atoms with Crippen LogP contribution >= 0.6 is 0 Å². The van der Waals surface area contributed by atoms with Crippen molar-refractivity contribution >= 4 is 5.91 Å². The Labute approximate surface area is 166 Å². The minimum absolute atomic E-state index is 0.0425. The molecule has 1 aliphatic rings. The number of hydrogen-bond donors (Lipinski definition) is 1.